The summed E-state index contributed by atoms with van der Waals surface area (Å²) in [7, 11) is 3.06. The Morgan fingerprint density at radius 1 is 1.38 bits per heavy atom. The number of hydrogen-bond donors (Lipinski definition) is 2. The summed E-state index contributed by atoms with van der Waals surface area (Å²) in [6, 6.07) is 0. The molecule has 0 unspecified atom stereocenters. The molecule has 0 aromatic carbocycles. The first-order valence-electron chi connectivity index (χ1n) is 3.83. The van der Waals surface area contributed by atoms with E-state index < -0.39 is 0 Å². The van der Waals surface area contributed by atoms with Gasteiger partial charge in [-0.1, -0.05) is 0 Å². The molecule has 0 aliphatic rings. The van der Waals surface area contributed by atoms with Crippen molar-refractivity contribution < 1.29 is 13.8 Å². The van der Waals surface area contributed by atoms with Crippen LogP contribution in [-0.4, -0.2) is 38.3 Å². The maximum absolute atomic E-state index is 10.9. The van der Waals surface area contributed by atoms with E-state index in [1.54, 1.807) is 7.05 Å². The third-order valence-electron chi connectivity index (χ3n) is 1.26. The van der Waals surface area contributed by atoms with Crippen LogP contribution < -0.4 is 10.6 Å². The van der Waals surface area contributed by atoms with E-state index in [-0.39, 0.29) is 17.6 Å². The van der Waals surface area contributed by atoms with Gasteiger partial charge in [0.15, 0.2) is 0 Å². The Labute approximate surface area is 81.8 Å². The number of rotatable bonds is 6. The van der Waals surface area contributed by atoms with Gasteiger partial charge in [-0.15, -0.1) is 0 Å². The Morgan fingerprint density at radius 2 is 2.08 bits per heavy atom. The first-order valence-corrected chi connectivity index (χ1v) is 4.74. The van der Waals surface area contributed by atoms with Crippen LogP contribution in [0.25, 0.3) is 0 Å². The fourth-order valence-corrected chi connectivity index (χ4v) is 0.931. The molecule has 0 aliphatic carbocycles. The van der Waals surface area contributed by atoms with Crippen LogP contribution in [-0.2, 0) is 13.8 Å². The highest BCUT2D eigenvalue weighted by molar-refractivity contribution is 7.95. The van der Waals surface area contributed by atoms with Crippen LogP contribution in [0.15, 0.2) is 0 Å². The summed E-state index contributed by atoms with van der Waals surface area (Å²) in [6.07, 6.45) is 0.305. The monoisotopic (exact) mass is 206 g/mol. The molecule has 0 radical (unpaired) electrons. The van der Waals surface area contributed by atoms with Crippen molar-refractivity contribution in [3.05, 3.63) is 0 Å². The Kier molecular flexibility index (Phi) is 7.42. The fraction of sp³-hybridized carbons (Fsp3) is 0.714. The van der Waals surface area contributed by atoms with Crippen molar-refractivity contribution in [2.45, 2.75) is 6.42 Å². The average molecular weight is 206 g/mol. The van der Waals surface area contributed by atoms with Crippen molar-refractivity contribution in [3.8, 4) is 0 Å². The highest BCUT2D eigenvalue weighted by Gasteiger charge is 2.02. The minimum atomic E-state index is -0.129. The zero-order chi connectivity index (χ0) is 10.1. The number of amides is 2. The normalized spacial score (nSPS) is 9.38. The first kappa shape index (κ1) is 12.2. The summed E-state index contributed by atoms with van der Waals surface area (Å²) >= 11 is 1.07. The van der Waals surface area contributed by atoms with Gasteiger partial charge in [-0.2, -0.15) is 0 Å². The molecule has 76 valence electrons. The van der Waals surface area contributed by atoms with Gasteiger partial charge in [0.2, 0.25) is 11.8 Å². The molecule has 0 heterocycles. The SMILES string of the molecule is CNC(=O)CCNC(=O)CSOC. The van der Waals surface area contributed by atoms with Crippen molar-refractivity contribution in [3.63, 3.8) is 0 Å². The maximum atomic E-state index is 10.9. The lowest BCUT2D eigenvalue weighted by atomic mass is 10.4. The standard InChI is InChI=1S/C7H14N2O3S/c1-8-6(10)3-4-9-7(11)5-13-12-2/h3-5H2,1-2H3,(H,8,10)(H,9,11). The first-order chi connectivity index (χ1) is 6.20. The van der Waals surface area contributed by atoms with E-state index in [0.717, 1.165) is 12.0 Å². The summed E-state index contributed by atoms with van der Waals surface area (Å²) in [6.45, 7) is 0.364. The van der Waals surface area contributed by atoms with Crippen LogP contribution in [0.5, 0.6) is 0 Å². The summed E-state index contributed by atoms with van der Waals surface area (Å²) in [5, 5.41) is 5.04. The van der Waals surface area contributed by atoms with Crippen LogP contribution in [0.1, 0.15) is 6.42 Å². The highest BCUT2D eigenvalue weighted by Crippen LogP contribution is 1.96. The van der Waals surface area contributed by atoms with Crippen molar-refractivity contribution >= 4 is 23.9 Å². The van der Waals surface area contributed by atoms with Crippen LogP contribution in [0, 0.1) is 0 Å². The molecule has 5 nitrogen and oxygen atoms in total. The minimum Gasteiger partial charge on any atom is -0.359 e. The lowest BCUT2D eigenvalue weighted by molar-refractivity contribution is -0.121. The van der Waals surface area contributed by atoms with Crippen molar-refractivity contribution in [2.24, 2.45) is 0 Å². The van der Waals surface area contributed by atoms with Gasteiger partial charge < -0.3 is 14.8 Å². The molecule has 0 aromatic heterocycles. The molecule has 2 amide bonds. The number of carbonyl (C=O) groups is 2. The molecular weight excluding hydrogens is 192 g/mol. The Hall–Kier alpha value is -0.750. The lowest BCUT2D eigenvalue weighted by Crippen LogP contribution is -2.30. The summed E-state index contributed by atoms with van der Waals surface area (Å²) < 4.78 is 4.64. The van der Waals surface area contributed by atoms with E-state index in [0.29, 0.717) is 13.0 Å². The predicted molar refractivity (Wildman–Crippen MR) is 51.2 cm³/mol. The second-order valence-corrected chi connectivity index (χ2v) is 3.06. The molecule has 0 atom stereocenters. The van der Waals surface area contributed by atoms with Gasteiger partial charge in [0.05, 0.1) is 12.9 Å². The quantitative estimate of drug-likeness (QED) is 0.577. The van der Waals surface area contributed by atoms with Crippen molar-refractivity contribution in [2.75, 3.05) is 26.5 Å². The second kappa shape index (κ2) is 7.88. The molecule has 0 aromatic rings. The predicted octanol–water partition coefficient (Wildman–Crippen LogP) is -0.467. The Bertz CT molecular complexity index is 175. The molecule has 0 spiro atoms. The molecule has 0 bridgehead atoms. The third-order valence-corrected chi connectivity index (χ3v) is 1.88. The molecule has 6 heteroatoms. The van der Waals surface area contributed by atoms with E-state index in [2.05, 4.69) is 14.8 Å². The molecule has 0 fully saturated rings. The van der Waals surface area contributed by atoms with Crippen LogP contribution in [0.3, 0.4) is 0 Å². The fourth-order valence-electron chi connectivity index (χ4n) is 0.604. The van der Waals surface area contributed by atoms with Gasteiger partial charge in [-0.3, -0.25) is 9.59 Å². The van der Waals surface area contributed by atoms with Gasteiger partial charge in [-0.25, -0.2) is 0 Å². The van der Waals surface area contributed by atoms with E-state index in [9.17, 15) is 9.59 Å². The molecule has 13 heavy (non-hydrogen) atoms. The van der Waals surface area contributed by atoms with Gasteiger partial charge in [0.25, 0.3) is 0 Å². The summed E-state index contributed by atoms with van der Waals surface area (Å²) in [4.78, 5) is 21.6. The number of nitrogens with one attached hydrogen (secondary N) is 2. The van der Waals surface area contributed by atoms with Crippen LogP contribution in [0.4, 0.5) is 0 Å². The topological polar surface area (TPSA) is 67.4 Å². The van der Waals surface area contributed by atoms with Gasteiger partial charge in [-0.05, 0) is 0 Å². The Balaban J connectivity index is 3.31. The van der Waals surface area contributed by atoms with Crippen LogP contribution >= 0.6 is 12.0 Å². The molecule has 0 saturated carbocycles. The summed E-state index contributed by atoms with van der Waals surface area (Å²) in [5.41, 5.74) is 0. The zero-order valence-corrected chi connectivity index (χ0v) is 8.57. The molecule has 0 rings (SSSR count). The molecule has 0 aliphatic heterocycles. The number of hydrogen-bond acceptors (Lipinski definition) is 4. The third kappa shape index (κ3) is 7.61. The van der Waals surface area contributed by atoms with Crippen LogP contribution in [0.2, 0.25) is 0 Å². The second-order valence-electron chi connectivity index (χ2n) is 2.20. The van der Waals surface area contributed by atoms with Gasteiger partial charge in [0.1, 0.15) is 0 Å². The molecule has 2 N–H and O–H groups in total. The van der Waals surface area contributed by atoms with E-state index in [4.69, 9.17) is 0 Å². The highest BCUT2D eigenvalue weighted by atomic mass is 32.2. The Morgan fingerprint density at radius 3 is 2.62 bits per heavy atom. The molecule has 0 saturated heterocycles. The largest absolute Gasteiger partial charge is 0.359 e. The van der Waals surface area contributed by atoms with Crippen molar-refractivity contribution in [1.82, 2.24) is 10.6 Å². The average Bonchev–Trinajstić information content (AvgIpc) is 2.14. The lowest BCUT2D eigenvalue weighted by Gasteiger charge is -2.02. The maximum Gasteiger partial charge on any atom is 0.232 e. The molecular formula is C7H14N2O3S. The van der Waals surface area contributed by atoms with E-state index >= 15 is 0 Å². The minimum absolute atomic E-state index is 0.0836. The smallest absolute Gasteiger partial charge is 0.232 e. The van der Waals surface area contributed by atoms with E-state index in [1.807, 2.05) is 0 Å². The van der Waals surface area contributed by atoms with Gasteiger partial charge in [0, 0.05) is 32.1 Å². The number of carbonyl (C=O) groups excluding carboxylic acids is 2. The summed E-state index contributed by atoms with van der Waals surface area (Å²) in [5.74, 6) is 0.0417. The zero-order valence-electron chi connectivity index (χ0n) is 7.75. The van der Waals surface area contributed by atoms with E-state index in [1.165, 1.54) is 7.11 Å². The van der Waals surface area contributed by atoms with Crippen molar-refractivity contribution in [1.29, 1.82) is 0 Å². The van der Waals surface area contributed by atoms with Gasteiger partial charge >= 0.3 is 0 Å².